The maximum atomic E-state index is 12.7. The van der Waals surface area contributed by atoms with Crippen LogP contribution in [0.2, 0.25) is 5.02 Å². The number of carbonyl (C=O) groups is 1. The second kappa shape index (κ2) is 7.19. The van der Waals surface area contributed by atoms with E-state index in [0.717, 1.165) is 18.4 Å². The number of likely N-dealkylation sites (tertiary alicyclic amines) is 1. The summed E-state index contributed by atoms with van der Waals surface area (Å²) in [6, 6.07) is 8.47. The minimum atomic E-state index is -3.70. The molecule has 0 bridgehead atoms. The van der Waals surface area contributed by atoms with E-state index in [1.165, 1.54) is 23.6 Å². The maximum absolute atomic E-state index is 12.7. The fourth-order valence-corrected chi connectivity index (χ4v) is 4.26. The first-order chi connectivity index (χ1) is 11.9. The Labute approximate surface area is 152 Å². The van der Waals surface area contributed by atoms with Gasteiger partial charge in [0.05, 0.1) is 0 Å². The highest BCUT2D eigenvalue weighted by atomic mass is 35.5. The van der Waals surface area contributed by atoms with Gasteiger partial charge in [0.2, 0.25) is 10.0 Å². The number of benzene rings is 1. The van der Waals surface area contributed by atoms with E-state index in [0.29, 0.717) is 23.8 Å². The highest BCUT2D eigenvalue weighted by molar-refractivity contribution is 7.89. The third kappa shape index (κ3) is 3.89. The Balaban J connectivity index is 1.76. The molecule has 1 aliphatic rings. The lowest BCUT2D eigenvalue weighted by atomic mass is 10.2. The number of rotatable bonds is 5. The van der Waals surface area contributed by atoms with Crippen LogP contribution >= 0.6 is 11.6 Å². The molecule has 0 atom stereocenters. The highest BCUT2D eigenvalue weighted by Gasteiger charge is 2.26. The van der Waals surface area contributed by atoms with Crippen molar-refractivity contribution in [3.63, 3.8) is 0 Å². The third-order valence-corrected chi connectivity index (χ3v) is 6.30. The number of sulfonamides is 1. The number of carbonyl (C=O) groups excluding carboxylic acids is 1. The van der Waals surface area contributed by atoms with Gasteiger partial charge in [-0.3, -0.25) is 4.79 Å². The maximum Gasteiger partial charge on any atom is 0.270 e. The zero-order valence-corrected chi connectivity index (χ0v) is 15.5. The molecule has 2 aromatic rings. The fourth-order valence-electron chi connectivity index (χ4n) is 2.89. The first-order valence-electron chi connectivity index (χ1n) is 8.06. The summed E-state index contributed by atoms with van der Waals surface area (Å²) in [5, 5.41) is 0.559. The summed E-state index contributed by atoms with van der Waals surface area (Å²) < 4.78 is 26.7. The molecule has 0 radical (unpaired) electrons. The molecule has 2 heterocycles. The van der Waals surface area contributed by atoms with Crippen molar-refractivity contribution in [1.29, 1.82) is 0 Å². The van der Waals surface area contributed by atoms with Crippen LogP contribution in [0.1, 0.15) is 28.9 Å². The number of nitrogens with zero attached hydrogens (tertiary/aromatic N) is 2. The van der Waals surface area contributed by atoms with Crippen LogP contribution in [0.15, 0.2) is 41.4 Å². The number of hydrogen-bond acceptors (Lipinski definition) is 3. The molecule has 1 N–H and O–H groups in total. The molecule has 3 rings (SSSR count). The van der Waals surface area contributed by atoms with Gasteiger partial charge in [-0.15, -0.1) is 0 Å². The van der Waals surface area contributed by atoms with Crippen molar-refractivity contribution in [3.05, 3.63) is 52.8 Å². The number of hydrogen-bond donors (Lipinski definition) is 1. The average Bonchev–Trinajstić information content (AvgIpc) is 3.26. The van der Waals surface area contributed by atoms with Crippen LogP contribution in [-0.2, 0) is 16.6 Å². The number of amides is 1. The smallest absolute Gasteiger partial charge is 0.270 e. The Morgan fingerprint density at radius 3 is 2.68 bits per heavy atom. The molecule has 8 heteroatoms. The van der Waals surface area contributed by atoms with Crippen molar-refractivity contribution in [2.75, 3.05) is 20.1 Å². The standard InChI is InChI=1S/C17H20ClN3O3S/c1-20(12-13-5-4-6-14(18)9-13)25(23,24)15-10-16(19-11-15)17(22)21-7-2-3-8-21/h4-6,9-11,19H,2-3,7-8,12H2,1H3. The van der Waals surface area contributed by atoms with E-state index in [1.807, 2.05) is 6.07 Å². The molecular formula is C17H20ClN3O3S. The van der Waals surface area contributed by atoms with Crippen molar-refractivity contribution >= 4 is 27.5 Å². The molecule has 1 amide bonds. The third-order valence-electron chi connectivity index (χ3n) is 4.28. The second-order valence-corrected chi connectivity index (χ2v) is 8.62. The summed E-state index contributed by atoms with van der Waals surface area (Å²) in [4.78, 5) is 17.0. The predicted octanol–water partition coefficient (Wildman–Crippen LogP) is 2.72. The van der Waals surface area contributed by atoms with Crippen LogP contribution in [0.25, 0.3) is 0 Å². The zero-order chi connectivity index (χ0) is 18.0. The molecule has 25 heavy (non-hydrogen) atoms. The second-order valence-electron chi connectivity index (χ2n) is 6.14. The first-order valence-corrected chi connectivity index (χ1v) is 9.88. The van der Waals surface area contributed by atoms with Gasteiger partial charge in [-0.1, -0.05) is 23.7 Å². The van der Waals surface area contributed by atoms with Gasteiger partial charge in [0.15, 0.2) is 0 Å². The highest BCUT2D eigenvalue weighted by Crippen LogP contribution is 2.20. The molecule has 134 valence electrons. The van der Waals surface area contributed by atoms with Gasteiger partial charge in [0.25, 0.3) is 5.91 Å². The van der Waals surface area contributed by atoms with Gasteiger partial charge < -0.3 is 9.88 Å². The number of aromatic nitrogens is 1. The van der Waals surface area contributed by atoms with Crippen molar-refractivity contribution in [1.82, 2.24) is 14.2 Å². The molecule has 0 spiro atoms. The quantitative estimate of drug-likeness (QED) is 0.865. The molecule has 0 saturated carbocycles. The summed E-state index contributed by atoms with van der Waals surface area (Å²) in [5.41, 5.74) is 1.10. The van der Waals surface area contributed by atoms with Crippen molar-refractivity contribution in [2.24, 2.45) is 0 Å². The van der Waals surface area contributed by atoms with Crippen LogP contribution < -0.4 is 0 Å². The minimum Gasteiger partial charge on any atom is -0.356 e. The molecule has 1 fully saturated rings. The minimum absolute atomic E-state index is 0.0829. The summed E-state index contributed by atoms with van der Waals surface area (Å²) in [6.45, 7) is 1.63. The number of halogens is 1. The number of H-pyrrole nitrogens is 1. The molecule has 6 nitrogen and oxygen atoms in total. The molecule has 1 aromatic carbocycles. The Kier molecular flexibility index (Phi) is 5.17. The molecule has 1 aliphatic heterocycles. The van der Waals surface area contributed by atoms with Crippen LogP contribution in [0.3, 0.4) is 0 Å². The normalized spacial score (nSPS) is 15.1. The van der Waals surface area contributed by atoms with E-state index in [1.54, 1.807) is 23.1 Å². The summed E-state index contributed by atoms with van der Waals surface area (Å²) in [6.07, 6.45) is 3.34. The van der Waals surface area contributed by atoms with E-state index in [9.17, 15) is 13.2 Å². The molecule has 0 unspecified atom stereocenters. The fraction of sp³-hybridized carbons (Fsp3) is 0.353. The number of aromatic amines is 1. The zero-order valence-electron chi connectivity index (χ0n) is 13.9. The Hall–Kier alpha value is -1.83. The van der Waals surface area contributed by atoms with E-state index >= 15 is 0 Å². The SMILES string of the molecule is CN(Cc1cccc(Cl)c1)S(=O)(=O)c1c[nH]c(C(=O)N2CCCC2)c1. The van der Waals surface area contributed by atoms with E-state index < -0.39 is 10.0 Å². The topological polar surface area (TPSA) is 73.5 Å². The van der Waals surface area contributed by atoms with Crippen LogP contribution in [0.4, 0.5) is 0 Å². The Bertz CT molecular complexity index is 873. The van der Waals surface area contributed by atoms with Crippen LogP contribution in [0, 0.1) is 0 Å². The first kappa shape index (κ1) is 18.0. The van der Waals surface area contributed by atoms with Gasteiger partial charge in [0.1, 0.15) is 10.6 Å². The van der Waals surface area contributed by atoms with Crippen molar-refractivity contribution in [3.8, 4) is 0 Å². The summed E-state index contributed by atoms with van der Waals surface area (Å²) in [5.74, 6) is -0.156. The Morgan fingerprint density at radius 2 is 2.00 bits per heavy atom. The van der Waals surface area contributed by atoms with Crippen LogP contribution in [0.5, 0.6) is 0 Å². The molecule has 1 aromatic heterocycles. The predicted molar refractivity (Wildman–Crippen MR) is 96.0 cm³/mol. The lowest BCUT2D eigenvalue weighted by Crippen LogP contribution is -2.28. The Morgan fingerprint density at radius 1 is 1.28 bits per heavy atom. The lowest BCUT2D eigenvalue weighted by molar-refractivity contribution is 0.0787. The summed E-state index contributed by atoms with van der Waals surface area (Å²) >= 11 is 5.94. The largest absolute Gasteiger partial charge is 0.356 e. The van der Waals surface area contributed by atoms with Gasteiger partial charge in [-0.2, -0.15) is 4.31 Å². The number of nitrogens with one attached hydrogen (secondary N) is 1. The molecular weight excluding hydrogens is 362 g/mol. The monoisotopic (exact) mass is 381 g/mol. The van der Waals surface area contributed by atoms with Crippen molar-refractivity contribution in [2.45, 2.75) is 24.3 Å². The van der Waals surface area contributed by atoms with E-state index in [-0.39, 0.29) is 17.3 Å². The van der Waals surface area contributed by atoms with Gasteiger partial charge >= 0.3 is 0 Å². The van der Waals surface area contributed by atoms with Gasteiger partial charge in [0, 0.05) is 37.9 Å². The van der Waals surface area contributed by atoms with Crippen LogP contribution in [-0.4, -0.2) is 48.7 Å². The molecule has 0 aliphatic carbocycles. The van der Waals surface area contributed by atoms with Gasteiger partial charge in [-0.05, 0) is 36.6 Å². The summed E-state index contributed by atoms with van der Waals surface area (Å²) in [7, 11) is -2.19. The van der Waals surface area contributed by atoms with E-state index in [2.05, 4.69) is 4.98 Å². The average molecular weight is 382 g/mol. The van der Waals surface area contributed by atoms with Gasteiger partial charge in [-0.25, -0.2) is 8.42 Å². The lowest BCUT2D eigenvalue weighted by Gasteiger charge is -2.16. The molecule has 1 saturated heterocycles. The van der Waals surface area contributed by atoms with E-state index in [4.69, 9.17) is 11.6 Å². The van der Waals surface area contributed by atoms with Crippen molar-refractivity contribution < 1.29 is 13.2 Å².